The highest BCUT2D eigenvalue weighted by Crippen LogP contribution is 2.34. The molecule has 0 saturated heterocycles. The van der Waals surface area contributed by atoms with Crippen LogP contribution in [0.2, 0.25) is 0 Å². The zero-order chi connectivity index (χ0) is 10.8. The minimum Gasteiger partial charge on any atom is -0.313 e. The second kappa shape index (κ2) is 4.48. The van der Waals surface area contributed by atoms with Gasteiger partial charge in [-0.05, 0) is 30.7 Å². The Bertz CT molecular complexity index is 218. The van der Waals surface area contributed by atoms with E-state index in [9.17, 15) is 0 Å². The minimum atomic E-state index is 0.353. The molecule has 1 N–H and O–H groups in total. The standard InChI is InChI=1S/C13H25N/c1-10(2)11-9-14-8-6-7-12(11)13(3,4)5/h10,14H,6-9H2,1-5H3. The van der Waals surface area contributed by atoms with Gasteiger partial charge in [-0.15, -0.1) is 0 Å². The molecule has 0 fully saturated rings. The van der Waals surface area contributed by atoms with Gasteiger partial charge in [-0.3, -0.25) is 0 Å². The molecular weight excluding hydrogens is 170 g/mol. The van der Waals surface area contributed by atoms with Gasteiger partial charge in [-0.1, -0.05) is 45.8 Å². The molecule has 14 heavy (non-hydrogen) atoms. The van der Waals surface area contributed by atoms with Crippen molar-refractivity contribution in [1.29, 1.82) is 0 Å². The van der Waals surface area contributed by atoms with Crippen molar-refractivity contribution in [3.8, 4) is 0 Å². The molecule has 0 radical (unpaired) electrons. The van der Waals surface area contributed by atoms with Crippen LogP contribution in [0.15, 0.2) is 11.1 Å². The molecule has 82 valence electrons. The van der Waals surface area contributed by atoms with E-state index in [1.165, 1.54) is 19.4 Å². The Morgan fingerprint density at radius 1 is 1.21 bits per heavy atom. The third-order valence-corrected chi connectivity index (χ3v) is 3.09. The summed E-state index contributed by atoms with van der Waals surface area (Å²) in [5.41, 5.74) is 3.69. The van der Waals surface area contributed by atoms with E-state index in [0.717, 1.165) is 6.54 Å². The topological polar surface area (TPSA) is 12.0 Å². The summed E-state index contributed by atoms with van der Waals surface area (Å²) < 4.78 is 0. The van der Waals surface area contributed by atoms with E-state index in [1.807, 2.05) is 0 Å². The summed E-state index contributed by atoms with van der Waals surface area (Å²) in [5, 5.41) is 3.52. The monoisotopic (exact) mass is 195 g/mol. The van der Waals surface area contributed by atoms with E-state index in [-0.39, 0.29) is 0 Å². The van der Waals surface area contributed by atoms with E-state index < -0.39 is 0 Å². The lowest BCUT2D eigenvalue weighted by Crippen LogP contribution is -2.20. The lowest BCUT2D eigenvalue weighted by Gasteiger charge is -2.27. The third-order valence-electron chi connectivity index (χ3n) is 3.09. The molecule has 1 aliphatic heterocycles. The fourth-order valence-corrected chi connectivity index (χ4v) is 2.29. The maximum atomic E-state index is 3.52. The van der Waals surface area contributed by atoms with E-state index in [4.69, 9.17) is 0 Å². The molecule has 0 aromatic carbocycles. The van der Waals surface area contributed by atoms with Crippen LogP contribution in [0.3, 0.4) is 0 Å². The first-order valence-electron chi connectivity index (χ1n) is 5.86. The number of hydrogen-bond acceptors (Lipinski definition) is 1. The van der Waals surface area contributed by atoms with Gasteiger partial charge in [-0.25, -0.2) is 0 Å². The quantitative estimate of drug-likeness (QED) is 0.633. The zero-order valence-electron chi connectivity index (χ0n) is 10.4. The molecule has 1 heteroatoms. The SMILES string of the molecule is CC(C)C1=C(C(C)(C)C)CCCNC1. The van der Waals surface area contributed by atoms with Crippen LogP contribution in [0.4, 0.5) is 0 Å². The molecule has 0 aliphatic carbocycles. The van der Waals surface area contributed by atoms with Crippen LogP contribution in [-0.2, 0) is 0 Å². The van der Waals surface area contributed by atoms with Crippen molar-refractivity contribution in [3.05, 3.63) is 11.1 Å². The Hall–Kier alpha value is -0.300. The minimum absolute atomic E-state index is 0.353. The smallest absolute Gasteiger partial charge is 0.0170 e. The second-order valence-electron chi connectivity index (χ2n) is 5.69. The van der Waals surface area contributed by atoms with Crippen molar-refractivity contribution in [2.75, 3.05) is 13.1 Å². The molecule has 0 bridgehead atoms. The summed E-state index contributed by atoms with van der Waals surface area (Å²) >= 11 is 0. The Morgan fingerprint density at radius 2 is 1.86 bits per heavy atom. The Labute approximate surface area is 89.0 Å². The lowest BCUT2D eigenvalue weighted by atomic mass is 9.78. The van der Waals surface area contributed by atoms with Crippen LogP contribution in [0, 0.1) is 11.3 Å². The van der Waals surface area contributed by atoms with Crippen molar-refractivity contribution >= 4 is 0 Å². The molecule has 0 atom stereocenters. The molecule has 0 saturated carbocycles. The van der Waals surface area contributed by atoms with Crippen LogP contribution >= 0.6 is 0 Å². The molecule has 0 amide bonds. The molecular formula is C13H25N. The average molecular weight is 195 g/mol. The molecule has 0 aromatic heterocycles. The summed E-state index contributed by atoms with van der Waals surface area (Å²) in [5.74, 6) is 0.690. The second-order valence-corrected chi connectivity index (χ2v) is 5.69. The van der Waals surface area contributed by atoms with E-state index in [0.29, 0.717) is 11.3 Å². The highest BCUT2D eigenvalue weighted by molar-refractivity contribution is 5.24. The van der Waals surface area contributed by atoms with Crippen molar-refractivity contribution in [2.24, 2.45) is 11.3 Å². The van der Waals surface area contributed by atoms with Gasteiger partial charge in [0.2, 0.25) is 0 Å². The van der Waals surface area contributed by atoms with E-state index in [2.05, 4.69) is 39.9 Å². The van der Waals surface area contributed by atoms with E-state index in [1.54, 1.807) is 11.1 Å². The third kappa shape index (κ3) is 2.84. The van der Waals surface area contributed by atoms with Crippen molar-refractivity contribution in [1.82, 2.24) is 5.32 Å². The lowest BCUT2D eigenvalue weighted by molar-refractivity contribution is 0.468. The van der Waals surface area contributed by atoms with Gasteiger partial charge in [0, 0.05) is 6.54 Å². The van der Waals surface area contributed by atoms with Crippen LogP contribution < -0.4 is 5.32 Å². The molecule has 1 rings (SSSR count). The molecule has 1 nitrogen and oxygen atoms in total. The van der Waals surface area contributed by atoms with Crippen molar-refractivity contribution in [2.45, 2.75) is 47.5 Å². The maximum absolute atomic E-state index is 3.52. The summed E-state index contributed by atoms with van der Waals surface area (Å²) in [6.07, 6.45) is 2.58. The number of allylic oxidation sites excluding steroid dienone is 1. The number of hydrogen-bond donors (Lipinski definition) is 1. The van der Waals surface area contributed by atoms with Crippen molar-refractivity contribution in [3.63, 3.8) is 0 Å². The number of nitrogens with one attached hydrogen (secondary N) is 1. The van der Waals surface area contributed by atoms with Crippen molar-refractivity contribution < 1.29 is 0 Å². The maximum Gasteiger partial charge on any atom is 0.0170 e. The summed E-state index contributed by atoms with van der Waals surface area (Å²) in [7, 11) is 0. The normalized spacial score (nSPS) is 20.1. The first-order valence-corrected chi connectivity index (χ1v) is 5.86. The molecule has 0 aromatic rings. The predicted molar refractivity (Wildman–Crippen MR) is 63.4 cm³/mol. The molecule has 0 spiro atoms. The highest BCUT2D eigenvalue weighted by Gasteiger charge is 2.23. The Morgan fingerprint density at radius 3 is 2.36 bits per heavy atom. The first-order chi connectivity index (χ1) is 6.43. The Balaban J connectivity index is 2.99. The van der Waals surface area contributed by atoms with Crippen LogP contribution in [0.1, 0.15) is 47.5 Å². The fourth-order valence-electron chi connectivity index (χ4n) is 2.29. The molecule has 1 aliphatic rings. The van der Waals surface area contributed by atoms with Gasteiger partial charge in [0.15, 0.2) is 0 Å². The number of rotatable bonds is 1. The van der Waals surface area contributed by atoms with Crippen LogP contribution in [0.5, 0.6) is 0 Å². The summed E-state index contributed by atoms with van der Waals surface area (Å²) in [6.45, 7) is 13.9. The predicted octanol–water partition coefficient (Wildman–Crippen LogP) is 3.37. The average Bonchev–Trinajstić information content (AvgIpc) is 2.26. The molecule has 0 unspecified atom stereocenters. The first kappa shape index (κ1) is 11.8. The highest BCUT2D eigenvalue weighted by atomic mass is 14.9. The van der Waals surface area contributed by atoms with Gasteiger partial charge >= 0.3 is 0 Å². The van der Waals surface area contributed by atoms with Gasteiger partial charge in [0.1, 0.15) is 0 Å². The van der Waals surface area contributed by atoms with Crippen LogP contribution in [0.25, 0.3) is 0 Å². The fraction of sp³-hybridized carbons (Fsp3) is 0.846. The van der Waals surface area contributed by atoms with Gasteiger partial charge < -0.3 is 5.32 Å². The largest absolute Gasteiger partial charge is 0.313 e. The van der Waals surface area contributed by atoms with Gasteiger partial charge in [0.25, 0.3) is 0 Å². The van der Waals surface area contributed by atoms with Gasteiger partial charge in [0.05, 0.1) is 0 Å². The van der Waals surface area contributed by atoms with E-state index >= 15 is 0 Å². The Kier molecular flexibility index (Phi) is 3.77. The summed E-state index contributed by atoms with van der Waals surface area (Å²) in [6, 6.07) is 0. The summed E-state index contributed by atoms with van der Waals surface area (Å²) in [4.78, 5) is 0. The van der Waals surface area contributed by atoms with Crippen LogP contribution in [-0.4, -0.2) is 13.1 Å². The molecule has 1 heterocycles. The van der Waals surface area contributed by atoms with Gasteiger partial charge in [-0.2, -0.15) is 0 Å². The zero-order valence-corrected chi connectivity index (χ0v) is 10.4.